The first-order valence-electron chi connectivity index (χ1n) is 7.26. The van der Waals surface area contributed by atoms with Gasteiger partial charge < -0.3 is 20.7 Å². The highest BCUT2D eigenvalue weighted by atomic mass is 16.5. The second kappa shape index (κ2) is 5.71. The molecule has 0 radical (unpaired) electrons. The van der Waals surface area contributed by atoms with Gasteiger partial charge in [0.2, 0.25) is 0 Å². The molecule has 5 heteroatoms. The lowest BCUT2D eigenvalue weighted by molar-refractivity contribution is 0.0136. The van der Waals surface area contributed by atoms with Crippen molar-refractivity contribution in [1.29, 1.82) is 0 Å². The van der Waals surface area contributed by atoms with Gasteiger partial charge in [0.15, 0.2) is 0 Å². The Bertz CT molecular complexity index is 504. The Morgan fingerprint density at radius 3 is 2.90 bits per heavy atom. The zero-order valence-electron chi connectivity index (χ0n) is 11.7. The molecule has 0 aromatic heterocycles. The zero-order chi connectivity index (χ0) is 13.9. The topological polar surface area (TPSA) is 62.4 Å². The van der Waals surface area contributed by atoms with Crippen LogP contribution in [0.5, 0.6) is 0 Å². The molecule has 1 saturated heterocycles. The van der Waals surface area contributed by atoms with Crippen molar-refractivity contribution in [2.45, 2.75) is 31.9 Å². The molecule has 0 aliphatic carbocycles. The molecule has 0 saturated carbocycles. The van der Waals surface area contributed by atoms with Gasteiger partial charge in [-0.2, -0.15) is 0 Å². The zero-order valence-corrected chi connectivity index (χ0v) is 11.7. The van der Waals surface area contributed by atoms with Crippen LogP contribution >= 0.6 is 0 Å². The monoisotopic (exact) mass is 275 g/mol. The highest BCUT2D eigenvalue weighted by Crippen LogP contribution is 2.25. The van der Waals surface area contributed by atoms with Gasteiger partial charge in [-0.1, -0.05) is 0 Å². The SMILES string of the molecule is CC1CC(NC(=O)c2ccc3c(c2)NCCN3)CCO1. The molecule has 5 nitrogen and oxygen atoms in total. The van der Waals surface area contributed by atoms with E-state index in [0.29, 0.717) is 5.56 Å². The molecular weight excluding hydrogens is 254 g/mol. The summed E-state index contributed by atoms with van der Waals surface area (Å²) in [5.41, 5.74) is 2.77. The largest absolute Gasteiger partial charge is 0.382 e. The maximum atomic E-state index is 12.3. The van der Waals surface area contributed by atoms with Gasteiger partial charge in [-0.05, 0) is 38.0 Å². The lowest BCUT2D eigenvalue weighted by Crippen LogP contribution is -2.41. The number of rotatable bonds is 2. The van der Waals surface area contributed by atoms with Crippen LogP contribution in [-0.4, -0.2) is 37.7 Å². The van der Waals surface area contributed by atoms with Crippen LogP contribution in [-0.2, 0) is 4.74 Å². The summed E-state index contributed by atoms with van der Waals surface area (Å²) in [5, 5.41) is 9.72. The highest BCUT2D eigenvalue weighted by Gasteiger charge is 2.21. The van der Waals surface area contributed by atoms with Crippen LogP contribution in [0, 0.1) is 0 Å². The second-order valence-electron chi connectivity index (χ2n) is 5.49. The number of carbonyl (C=O) groups is 1. The molecular formula is C15H21N3O2. The van der Waals surface area contributed by atoms with Crippen molar-refractivity contribution < 1.29 is 9.53 Å². The second-order valence-corrected chi connectivity index (χ2v) is 5.49. The van der Waals surface area contributed by atoms with Gasteiger partial charge in [-0.15, -0.1) is 0 Å². The van der Waals surface area contributed by atoms with Crippen molar-refractivity contribution in [2.75, 3.05) is 30.3 Å². The molecule has 1 fully saturated rings. The summed E-state index contributed by atoms with van der Waals surface area (Å²) in [6.45, 7) is 4.57. The van der Waals surface area contributed by atoms with E-state index < -0.39 is 0 Å². The summed E-state index contributed by atoms with van der Waals surface area (Å²) in [4.78, 5) is 12.3. The highest BCUT2D eigenvalue weighted by molar-refractivity contribution is 5.96. The standard InChI is InChI=1S/C15H21N3O2/c1-10-8-12(4-7-20-10)18-15(19)11-2-3-13-14(9-11)17-6-5-16-13/h2-3,9-10,12,16-17H,4-8H2,1H3,(H,18,19). The van der Waals surface area contributed by atoms with Gasteiger partial charge in [0, 0.05) is 31.3 Å². The molecule has 2 aliphatic heterocycles. The molecule has 2 atom stereocenters. The lowest BCUT2D eigenvalue weighted by atomic mass is 10.0. The summed E-state index contributed by atoms with van der Waals surface area (Å²) < 4.78 is 5.50. The molecule has 3 rings (SSSR count). The van der Waals surface area contributed by atoms with E-state index in [-0.39, 0.29) is 18.1 Å². The predicted octanol–water partition coefficient (Wildman–Crippen LogP) is 1.82. The van der Waals surface area contributed by atoms with Crippen molar-refractivity contribution >= 4 is 17.3 Å². The number of amides is 1. The summed E-state index contributed by atoms with van der Waals surface area (Å²) in [6.07, 6.45) is 2.00. The fourth-order valence-electron chi connectivity index (χ4n) is 2.78. The van der Waals surface area contributed by atoms with Gasteiger partial charge in [0.25, 0.3) is 5.91 Å². The van der Waals surface area contributed by atoms with E-state index in [0.717, 1.165) is 43.9 Å². The van der Waals surface area contributed by atoms with Gasteiger partial charge in [-0.3, -0.25) is 4.79 Å². The lowest BCUT2D eigenvalue weighted by Gasteiger charge is -2.28. The van der Waals surface area contributed by atoms with Crippen molar-refractivity contribution in [3.05, 3.63) is 23.8 Å². The quantitative estimate of drug-likeness (QED) is 0.770. The third-order valence-corrected chi connectivity index (χ3v) is 3.86. The van der Waals surface area contributed by atoms with Gasteiger partial charge >= 0.3 is 0 Å². The van der Waals surface area contributed by atoms with Crippen LogP contribution in [0.1, 0.15) is 30.1 Å². The molecule has 1 aromatic carbocycles. The van der Waals surface area contributed by atoms with Crippen molar-refractivity contribution in [2.24, 2.45) is 0 Å². The summed E-state index contributed by atoms with van der Waals surface area (Å²) in [5.74, 6) is -0.000673. The fourth-order valence-corrected chi connectivity index (χ4v) is 2.78. The maximum Gasteiger partial charge on any atom is 0.251 e. The number of benzene rings is 1. The average Bonchev–Trinajstić information content (AvgIpc) is 2.47. The smallest absolute Gasteiger partial charge is 0.251 e. The minimum atomic E-state index is -0.000673. The van der Waals surface area contributed by atoms with Crippen LogP contribution in [0.15, 0.2) is 18.2 Å². The first kappa shape index (κ1) is 13.2. The van der Waals surface area contributed by atoms with Crippen molar-refractivity contribution in [3.8, 4) is 0 Å². The van der Waals surface area contributed by atoms with Crippen LogP contribution in [0.3, 0.4) is 0 Å². The number of anilines is 2. The third kappa shape index (κ3) is 2.88. The maximum absolute atomic E-state index is 12.3. The van der Waals surface area contributed by atoms with Crippen LogP contribution in [0.25, 0.3) is 0 Å². The number of hydrogen-bond acceptors (Lipinski definition) is 4. The summed E-state index contributed by atoms with van der Waals surface area (Å²) in [6, 6.07) is 5.97. The minimum Gasteiger partial charge on any atom is -0.382 e. The number of ether oxygens (including phenoxy) is 1. The van der Waals surface area contributed by atoms with Crippen molar-refractivity contribution in [3.63, 3.8) is 0 Å². The van der Waals surface area contributed by atoms with E-state index in [4.69, 9.17) is 4.74 Å². The molecule has 0 spiro atoms. The Balaban J connectivity index is 1.67. The summed E-state index contributed by atoms with van der Waals surface area (Å²) >= 11 is 0. The van der Waals surface area contributed by atoms with E-state index in [9.17, 15) is 4.79 Å². The Labute approximate surface area is 119 Å². The van der Waals surface area contributed by atoms with Gasteiger partial charge in [0.05, 0.1) is 17.5 Å². The van der Waals surface area contributed by atoms with E-state index in [1.165, 1.54) is 0 Å². The molecule has 1 aromatic rings. The average molecular weight is 275 g/mol. The molecule has 20 heavy (non-hydrogen) atoms. The Hall–Kier alpha value is -1.75. The first-order chi connectivity index (χ1) is 9.72. The molecule has 3 N–H and O–H groups in total. The van der Waals surface area contributed by atoms with E-state index in [1.54, 1.807) is 0 Å². The minimum absolute atomic E-state index is 0.000673. The van der Waals surface area contributed by atoms with E-state index in [2.05, 4.69) is 16.0 Å². The Kier molecular flexibility index (Phi) is 3.78. The van der Waals surface area contributed by atoms with Crippen LogP contribution in [0.2, 0.25) is 0 Å². The molecule has 108 valence electrons. The third-order valence-electron chi connectivity index (χ3n) is 3.86. The van der Waals surface area contributed by atoms with Crippen LogP contribution < -0.4 is 16.0 Å². The number of fused-ring (bicyclic) bond motifs is 1. The molecule has 2 heterocycles. The predicted molar refractivity (Wildman–Crippen MR) is 79.3 cm³/mol. The Morgan fingerprint density at radius 1 is 1.30 bits per heavy atom. The summed E-state index contributed by atoms with van der Waals surface area (Å²) in [7, 11) is 0. The number of nitrogens with one attached hydrogen (secondary N) is 3. The van der Waals surface area contributed by atoms with Gasteiger partial charge in [0.1, 0.15) is 0 Å². The van der Waals surface area contributed by atoms with E-state index >= 15 is 0 Å². The molecule has 1 amide bonds. The number of carbonyl (C=O) groups excluding carboxylic acids is 1. The number of hydrogen-bond donors (Lipinski definition) is 3. The first-order valence-corrected chi connectivity index (χ1v) is 7.26. The van der Waals surface area contributed by atoms with Gasteiger partial charge in [-0.25, -0.2) is 0 Å². The van der Waals surface area contributed by atoms with Crippen molar-refractivity contribution in [1.82, 2.24) is 5.32 Å². The Morgan fingerprint density at radius 2 is 2.10 bits per heavy atom. The normalized spacial score (nSPS) is 25.1. The molecule has 2 unspecified atom stereocenters. The molecule has 2 aliphatic rings. The van der Waals surface area contributed by atoms with Crippen LogP contribution in [0.4, 0.5) is 11.4 Å². The fraction of sp³-hybridized carbons (Fsp3) is 0.533. The van der Waals surface area contributed by atoms with E-state index in [1.807, 2.05) is 25.1 Å². The molecule has 0 bridgehead atoms.